The van der Waals surface area contributed by atoms with Crippen molar-refractivity contribution in [1.82, 2.24) is 4.40 Å². The Kier molecular flexibility index (Phi) is 2.42. The normalized spacial score (nSPS) is 12.6. The smallest absolute Gasteiger partial charge is 0.125 e. The van der Waals surface area contributed by atoms with Crippen molar-refractivity contribution >= 4 is 69.6 Å². The van der Waals surface area contributed by atoms with Crippen molar-refractivity contribution in [2.75, 3.05) is 0 Å². The molecular formula is C24H13NO2S. The van der Waals surface area contributed by atoms with Crippen LogP contribution in [0, 0.1) is 0 Å². The Morgan fingerprint density at radius 2 is 1.61 bits per heavy atom. The summed E-state index contributed by atoms with van der Waals surface area (Å²) in [7, 11) is 0. The van der Waals surface area contributed by atoms with Gasteiger partial charge in [-0.25, -0.2) is 0 Å². The topological polar surface area (TPSA) is 44.9 Å². The third-order valence-corrected chi connectivity index (χ3v) is 7.04. The molecule has 0 aliphatic rings. The van der Waals surface area contributed by atoms with Gasteiger partial charge in [-0.05, 0) is 53.2 Å². The summed E-state index contributed by atoms with van der Waals surface area (Å²) in [5.41, 5.74) is 3.40. The minimum Gasteiger partial charge on any atom is -0.508 e. The van der Waals surface area contributed by atoms with Crippen LogP contribution in [0.4, 0.5) is 0 Å². The van der Waals surface area contributed by atoms with Gasteiger partial charge in [0.25, 0.3) is 0 Å². The summed E-state index contributed by atoms with van der Waals surface area (Å²) in [6.45, 7) is 0. The van der Waals surface area contributed by atoms with E-state index in [9.17, 15) is 10.2 Å². The SMILES string of the molecule is Oc1ccc2cc3c(cc2c1)sc1c2ccc(O)c4c5ccccc5n(c31)c24. The van der Waals surface area contributed by atoms with Crippen LogP contribution in [0.3, 0.4) is 0 Å². The van der Waals surface area contributed by atoms with Gasteiger partial charge < -0.3 is 14.6 Å². The maximum Gasteiger partial charge on any atom is 0.125 e. The monoisotopic (exact) mass is 379 g/mol. The lowest BCUT2D eigenvalue weighted by Crippen LogP contribution is -1.80. The van der Waals surface area contributed by atoms with Crippen molar-refractivity contribution in [2.45, 2.75) is 0 Å². The van der Waals surface area contributed by atoms with Gasteiger partial charge in [-0.2, -0.15) is 0 Å². The standard InChI is InChI=1S/C24H13NO2S/c26-14-6-5-12-10-17-20(11-13(12)9-14)28-24-16-7-8-19(27)21-15-3-1-2-4-18(15)25(22(16)21)23(17)24/h1-11,26-27H. The van der Waals surface area contributed by atoms with Crippen molar-refractivity contribution in [1.29, 1.82) is 0 Å². The van der Waals surface area contributed by atoms with E-state index in [2.05, 4.69) is 28.7 Å². The first kappa shape index (κ1) is 14.5. The maximum atomic E-state index is 10.6. The Hall–Kier alpha value is -3.50. The first-order valence-corrected chi connectivity index (χ1v) is 9.97. The lowest BCUT2D eigenvalue weighted by Gasteiger charge is -2.01. The molecule has 0 bridgehead atoms. The number of rotatable bonds is 0. The summed E-state index contributed by atoms with van der Waals surface area (Å²) >= 11 is 1.77. The number of fused-ring (bicyclic) bond motifs is 9. The predicted octanol–water partition coefficient (Wildman–Crippen LogP) is 6.62. The summed E-state index contributed by atoms with van der Waals surface area (Å²) in [6, 6.07) is 22.0. The second kappa shape index (κ2) is 4.66. The molecule has 0 amide bonds. The van der Waals surface area contributed by atoms with Crippen molar-refractivity contribution in [3.63, 3.8) is 0 Å². The van der Waals surface area contributed by atoms with Crippen molar-refractivity contribution in [2.24, 2.45) is 0 Å². The Morgan fingerprint density at radius 1 is 0.714 bits per heavy atom. The molecule has 28 heavy (non-hydrogen) atoms. The molecule has 4 aromatic carbocycles. The summed E-state index contributed by atoms with van der Waals surface area (Å²) in [5, 5.41) is 27.0. The van der Waals surface area contributed by atoms with Gasteiger partial charge in [0.2, 0.25) is 0 Å². The van der Waals surface area contributed by atoms with Crippen molar-refractivity contribution in [3.05, 3.63) is 66.7 Å². The zero-order valence-electron chi connectivity index (χ0n) is 14.6. The molecule has 7 aromatic rings. The first-order valence-electron chi connectivity index (χ1n) is 9.16. The molecule has 0 saturated carbocycles. The Bertz CT molecular complexity index is 1740. The number of benzene rings is 4. The largest absolute Gasteiger partial charge is 0.508 e. The molecular weight excluding hydrogens is 366 g/mol. The average Bonchev–Trinajstić information content (AvgIpc) is 3.31. The van der Waals surface area contributed by atoms with Gasteiger partial charge >= 0.3 is 0 Å². The van der Waals surface area contributed by atoms with Crippen molar-refractivity contribution in [3.8, 4) is 11.5 Å². The summed E-state index contributed by atoms with van der Waals surface area (Å²) in [5.74, 6) is 0.615. The molecule has 0 unspecified atom stereocenters. The fourth-order valence-electron chi connectivity index (χ4n) is 4.71. The molecule has 0 aliphatic carbocycles. The number of aromatic nitrogens is 1. The van der Waals surface area contributed by atoms with Crippen LogP contribution in [0.15, 0.2) is 66.7 Å². The van der Waals surface area contributed by atoms with Crippen LogP contribution in [-0.2, 0) is 0 Å². The second-order valence-electron chi connectivity index (χ2n) is 7.37. The number of hydrogen-bond donors (Lipinski definition) is 2. The molecule has 3 aromatic heterocycles. The first-order chi connectivity index (χ1) is 13.7. The van der Waals surface area contributed by atoms with Gasteiger partial charge in [0.05, 0.1) is 26.6 Å². The number of para-hydroxylation sites is 1. The van der Waals surface area contributed by atoms with Crippen LogP contribution in [0.5, 0.6) is 11.5 Å². The molecule has 0 fully saturated rings. The van der Waals surface area contributed by atoms with E-state index in [1.807, 2.05) is 36.4 Å². The zero-order valence-corrected chi connectivity index (χ0v) is 15.4. The highest BCUT2D eigenvalue weighted by atomic mass is 32.1. The molecule has 0 aliphatic heterocycles. The molecule has 132 valence electrons. The highest BCUT2D eigenvalue weighted by Gasteiger charge is 2.22. The maximum absolute atomic E-state index is 10.6. The predicted molar refractivity (Wildman–Crippen MR) is 117 cm³/mol. The quantitative estimate of drug-likeness (QED) is 0.311. The zero-order chi connectivity index (χ0) is 18.6. The van der Waals surface area contributed by atoms with Gasteiger partial charge in [0.1, 0.15) is 11.5 Å². The molecule has 3 nitrogen and oxygen atoms in total. The second-order valence-corrected chi connectivity index (χ2v) is 8.42. The van der Waals surface area contributed by atoms with Gasteiger partial charge in [0.15, 0.2) is 0 Å². The third kappa shape index (κ3) is 1.57. The molecule has 7 rings (SSSR count). The highest BCUT2D eigenvalue weighted by Crippen LogP contribution is 2.48. The van der Waals surface area contributed by atoms with Gasteiger partial charge in [-0.1, -0.05) is 24.3 Å². The number of nitrogens with zero attached hydrogens (tertiary/aromatic N) is 1. The van der Waals surface area contributed by atoms with E-state index in [-0.39, 0.29) is 5.75 Å². The number of aromatic hydroxyl groups is 2. The number of hydrogen-bond acceptors (Lipinski definition) is 3. The van der Waals surface area contributed by atoms with Crippen LogP contribution < -0.4 is 0 Å². The lowest BCUT2D eigenvalue weighted by atomic mass is 10.1. The third-order valence-electron chi connectivity index (χ3n) is 5.87. The van der Waals surface area contributed by atoms with E-state index in [4.69, 9.17) is 0 Å². The van der Waals surface area contributed by atoms with Gasteiger partial charge in [0, 0.05) is 20.9 Å². The minimum atomic E-state index is 0.287. The van der Waals surface area contributed by atoms with E-state index in [0.717, 1.165) is 32.6 Å². The lowest BCUT2D eigenvalue weighted by molar-refractivity contribution is 0.476. The van der Waals surface area contributed by atoms with Crippen LogP contribution in [0.2, 0.25) is 0 Å². The fourth-order valence-corrected chi connectivity index (χ4v) is 5.96. The van der Waals surface area contributed by atoms with Gasteiger partial charge in [-0.15, -0.1) is 11.3 Å². The van der Waals surface area contributed by atoms with Crippen molar-refractivity contribution < 1.29 is 10.2 Å². The molecule has 0 spiro atoms. The fraction of sp³-hybridized carbons (Fsp3) is 0. The average molecular weight is 379 g/mol. The van der Waals surface area contributed by atoms with E-state index in [1.54, 1.807) is 17.4 Å². The van der Waals surface area contributed by atoms with Crippen LogP contribution in [0.25, 0.3) is 58.3 Å². The van der Waals surface area contributed by atoms with E-state index >= 15 is 0 Å². The number of phenols is 2. The van der Waals surface area contributed by atoms with Crippen LogP contribution in [0.1, 0.15) is 0 Å². The Labute approximate surface area is 162 Å². The minimum absolute atomic E-state index is 0.287. The molecule has 3 heterocycles. The number of phenolic OH excluding ortho intramolecular Hbond substituents is 2. The van der Waals surface area contributed by atoms with Gasteiger partial charge in [-0.3, -0.25) is 0 Å². The van der Waals surface area contributed by atoms with E-state index in [0.29, 0.717) is 5.75 Å². The molecule has 0 radical (unpaired) electrons. The summed E-state index contributed by atoms with van der Waals surface area (Å²) in [6.07, 6.45) is 0. The molecule has 0 saturated heterocycles. The molecule has 0 atom stereocenters. The van der Waals surface area contributed by atoms with Crippen LogP contribution >= 0.6 is 11.3 Å². The molecule has 4 heteroatoms. The van der Waals surface area contributed by atoms with E-state index < -0.39 is 0 Å². The summed E-state index contributed by atoms with van der Waals surface area (Å²) in [4.78, 5) is 0. The highest BCUT2D eigenvalue weighted by molar-refractivity contribution is 7.26. The van der Waals surface area contributed by atoms with Crippen LogP contribution in [-0.4, -0.2) is 14.6 Å². The number of thiophene rings is 1. The Morgan fingerprint density at radius 3 is 2.54 bits per heavy atom. The summed E-state index contributed by atoms with van der Waals surface area (Å²) < 4.78 is 4.74. The molecule has 2 N–H and O–H groups in total. The van der Waals surface area contributed by atoms with E-state index in [1.165, 1.54) is 25.7 Å². The Balaban J connectivity index is 1.82.